The van der Waals surface area contributed by atoms with Gasteiger partial charge in [-0.2, -0.15) is 0 Å². The Balaban J connectivity index is 0.000000699. The number of phenolic OH excluding ortho intramolecular Hbond substituents is 2. The maximum absolute atomic E-state index is 11.8. The normalized spacial score (nSPS) is 11.4. The molecule has 0 aliphatic rings. The number of hydrogen-bond donors (Lipinski definition) is 4. The van der Waals surface area contributed by atoms with E-state index >= 15 is 0 Å². The Hall–Kier alpha value is -5.15. The molecule has 11 heteroatoms. The van der Waals surface area contributed by atoms with Gasteiger partial charge >= 0.3 is 28.4 Å². The average molecular weight is 1190 g/mol. The van der Waals surface area contributed by atoms with Crippen LogP contribution in [0.4, 0.5) is 11.4 Å². The van der Waals surface area contributed by atoms with Crippen LogP contribution in [0.3, 0.4) is 0 Å². The molecule has 0 radical (unpaired) electrons. The average Bonchev–Trinajstić information content (AvgIpc) is 3.56. The number of carboxylic acid groups (broad SMARTS) is 2. The second-order valence-corrected chi connectivity index (χ2v) is 22.6. The van der Waals surface area contributed by atoms with E-state index in [0.29, 0.717) is 36.8 Å². The molecule has 0 aliphatic carbocycles. The molecule has 4 rings (SSSR count). The molecular weight excluding hydrogens is 1080 g/mol. The molecule has 0 unspecified atom stereocenters. The van der Waals surface area contributed by atoms with Crippen molar-refractivity contribution in [2.75, 3.05) is 0 Å². The van der Waals surface area contributed by atoms with E-state index in [1.165, 1.54) is 136 Å². The zero-order chi connectivity index (χ0) is 60.7. The van der Waals surface area contributed by atoms with Gasteiger partial charge in [0.25, 0.3) is 0 Å². The van der Waals surface area contributed by atoms with Crippen molar-refractivity contribution in [3.8, 4) is 23.0 Å². The first kappa shape index (κ1) is 75.9. The Morgan fingerprint density at radius 3 is 1.01 bits per heavy atom. The van der Waals surface area contributed by atoms with Crippen molar-refractivity contribution < 1.29 is 56.7 Å². The van der Waals surface area contributed by atoms with Gasteiger partial charge in [0.05, 0.1) is 33.9 Å². The van der Waals surface area contributed by atoms with Crippen molar-refractivity contribution in [1.82, 2.24) is 0 Å². The summed E-state index contributed by atoms with van der Waals surface area (Å²) in [6, 6.07) is 16.9. The summed E-state index contributed by atoms with van der Waals surface area (Å²) in [5.41, 5.74) is 13.0. The largest absolute Gasteiger partial charge is 2.00 e. The maximum atomic E-state index is 11.8. The summed E-state index contributed by atoms with van der Waals surface area (Å²) in [6.45, 7) is 22.0. The quantitative estimate of drug-likeness (QED) is 0.0193. The number of benzene rings is 4. The van der Waals surface area contributed by atoms with Gasteiger partial charge in [-0.05, 0) is 184 Å². The van der Waals surface area contributed by atoms with Crippen molar-refractivity contribution in [3.05, 3.63) is 104 Å². The molecule has 0 spiro atoms. The van der Waals surface area contributed by atoms with E-state index in [4.69, 9.17) is 9.98 Å². The van der Waals surface area contributed by atoms with Crippen molar-refractivity contribution in [3.63, 3.8) is 0 Å². The molecule has 0 saturated carbocycles. The molecule has 10 nitrogen and oxygen atoms in total. The zero-order valence-electron chi connectivity index (χ0n) is 53.3. The van der Waals surface area contributed by atoms with Crippen LogP contribution < -0.4 is 10.2 Å². The SMILES string of the molecule is CCCCCCCCC(=Nc1ccc(CCC)c(CCC)c1)C(CCCCCC)=Nc1ccc(CCC)c(CCC)c1.CCCCCc1cc(O)c([O-])c(C(=O)O)c1CCCC.CCCCCc1cc(O)c([O-])c(C(=O)O)c1CCCC.[Ni+2]. The number of unbranched alkanes of at least 4 members (excludes halogenated alkanes) is 14. The van der Waals surface area contributed by atoms with Crippen LogP contribution in [-0.2, 0) is 67.9 Å². The second kappa shape index (κ2) is 45.3. The smallest absolute Gasteiger partial charge is 0.869 e. The van der Waals surface area contributed by atoms with Gasteiger partial charge in [0.1, 0.15) is 11.5 Å². The molecule has 0 atom stereocenters. The van der Waals surface area contributed by atoms with Gasteiger partial charge in [-0.15, -0.1) is 0 Å². The summed E-state index contributed by atoms with van der Waals surface area (Å²) in [4.78, 5) is 33.5. The predicted molar refractivity (Wildman–Crippen MR) is 343 cm³/mol. The van der Waals surface area contributed by atoms with Crippen molar-refractivity contribution in [2.24, 2.45) is 9.98 Å². The molecule has 0 fully saturated rings. The van der Waals surface area contributed by atoms with E-state index < -0.39 is 34.9 Å². The van der Waals surface area contributed by atoms with Gasteiger partial charge in [-0.25, -0.2) is 9.59 Å². The minimum absolute atomic E-state index is 0. The third kappa shape index (κ3) is 27.6. The monoisotopic (exact) mass is 1190 g/mol. The summed E-state index contributed by atoms with van der Waals surface area (Å²) in [5.74, 6) is -4.91. The summed E-state index contributed by atoms with van der Waals surface area (Å²) < 4.78 is 0. The second-order valence-electron chi connectivity index (χ2n) is 22.6. The van der Waals surface area contributed by atoms with E-state index in [0.717, 1.165) is 125 Å². The number of carboxylic acids is 2. The number of nitrogens with zero attached hydrogens (tertiary/aromatic N) is 2. The van der Waals surface area contributed by atoms with Crippen LogP contribution in [0.5, 0.6) is 23.0 Å². The molecule has 0 amide bonds. The van der Waals surface area contributed by atoms with Gasteiger partial charge in [0.2, 0.25) is 0 Å². The Morgan fingerprint density at radius 2 is 0.675 bits per heavy atom. The number of rotatable bonds is 39. The van der Waals surface area contributed by atoms with Crippen LogP contribution in [0.15, 0.2) is 58.5 Å². The zero-order valence-corrected chi connectivity index (χ0v) is 54.3. The van der Waals surface area contributed by atoms with E-state index in [-0.39, 0.29) is 27.6 Å². The maximum Gasteiger partial charge on any atom is 2.00 e. The topological polar surface area (TPSA) is 186 Å². The van der Waals surface area contributed by atoms with Gasteiger partial charge in [0, 0.05) is 0 Å². The Kier molecular flexibility index (Phi) is 41.4. The fourth-order valence-electron chi connectivity index (χ4n) is 10.8. The molecule has 4 aromatic rings. The number of aliphatic imine (C=N–C) groups is 2. The molecule has 4 aromatic carbocycles. The third-order valence-corrected chi connectivity index (χ3v) is 15.4. The van der Waals surface area contributed by atoms with Crippen molar-refractivity contribution in [2.45, 2.75) is 288 Å². The van der Waals surface area contributed by atoms with Gasteiger partial charge < -0.3 is 30.6 Å². The molecule has 83 heavy (non-hydrogen) atoms. The van der Waals surface area contributed by atoms with Crippen LogP contribution in [-0.4, -0.2) is 43.8 Å². The van der Waals surface area contributed by atoms with Crippen molar-refractivity contribution in [1.29, 1.82) is 0 Å². The number of aromatic carboxylic acids is 2. The first-order valence-corrected chi connectivity index (χ1v) is 32.6. The molecule has 0 aliphatic heterocycles. The van der Waals surface area contributed by atoms with Gasteiger partial charge in [0.15, 0.2) is 0 Å². The number of aryl methyl sites for hydroxylation is 6. The minimum Gasteiger partial charge on any atom is -0.869 e. The van der Waals surface area contributed by atoms with E-state index in [9.17, 15) is 40.2 Å². The third-order valence-electron chi connectivity index (χ3n) is 15.4. The summed E-state index contributed by atoms with van der Waals surface area (Å²) in [7, 11) is 0. The van der Waals surface area contributed by atoms with Crippen LogP contribution in [0, 0.1) is 0 Å². The van der Waals surface area contributed by atoms with E-state index in [1.54, 1.807) is 0 Å². The summed E-state index contributed by atoms with van der Waals surface area (Å²) >= 11 is 0. The minimum atomic E-state index is -1.24. The molecular formula is C72H110N2NiO8. The standard InChI is InChI=1S/C40H64N2.2C16H24O4.Ni/c1-7-13-15-17-18-20-26-40(42-38-30-28-34(22-10-4)36(32-38)24-12-6)39(25-19-16-14-8-2)41-37-29-27-33(21-9-3)35(31-37)23-11-5;2*1-3-5-7-8-11-10-13(17)15(18)14(16(19)20)12(11)9-6-4-2;/h27-32H,7-26H2,1-6H3;2*10,17-18H,3-9H2,1-2H3,(H,19,20);/q;;;+2/p-2. The first-order chi connectivity index (χ1) is 39.6. The number of phenols is 2. The Labute approximate surface area is 513 Å². The fourth-order valence-corrected chi connectivity index (χ4v) is 10.8. The van der Waals surface area contributed by atoms with Crippen LogP contribution in [0.2, 0.25) is 0 Å². The summed E-state index contributed by atoms with van der Waals surface area (Å²) in [6.07, 6.45) is 36.4. The molecule has 4 N–H and O–H groups in total. The Bertz CT molecular complexity index is 2450. The van der Waals surface area contributed by atoms with Crippen LogP contribution >= 0.6 is 0 Å². The van der Waals surface area contributed by atoms with Gasteiger partial charge in [-0.1, -0.05) is 208 Å². The van der Waals surface area contributed by atoms with E-state index in [1.807, 2.05) is 13.8 Å². The van der Waals surface area contributed by atoms with Crippen molar-refractivity contribution >= 4 is 34.7 Å². The molecule has 0 bridgehead atoms. The Morgan fingerprint density at radius 1 is 0.361 bits per heavy atom. The number of carbonyl (C=O) groups is 2. The van der Waals surface area contributed by atoms with Crippen LogP contribution in [0.25, 0.3) is 0 Å². The molecule has 0 aromatic heterocycles. The number of hydrogen-bond acceptors (Lipinski definition) is 8. The predicted octanol–water partition coefficient (Wildman–Crippen LogP) is 19.5. The van der Waals surface area contributed by atoms with E-state index in [2.05, 4.69) is 91.8 Å². The van der Waals surface area contributed by atoms with Gasteiger partial charge in [-0.3, -0.25) is 9.98 Å². The molecule has 0 heterocycles. The number of aromatic hydroxyl groups is 2. The van der Waals surface area contributed by atoms with Crippen LogP contribution in [0.1, 0.15) is 301 Å². The molecule has 0 saturated heterocycles. The summed E-state index contributed by atoms with van der Waals surface area (Å²) in [5, 5.41) is 61.5. The first-order valence-electron chi connectivity index (χ1n) is 32.6. The fraction of sp³-hybridized carbons (Fsp3) is 0.611. The molecule has 466 valence electrons.